The molecule has 0 bridgehead atoms. The van der Waals surface area contributed by atoms with E-state index in [0.717, 1.165) is 5.69 Å². The van der Waals surface area contributed by atoms with Crippen LogP contribution >= 0.6 is 15.9 Å². The zero-order chi connectivity index (χ0) is 15.4. The van der Waals surface area contributed by atoms with Gasteiger partial charge in [0.15, 0.2) is 5.82 Å². The van der Waals surface area contributed by atoms with Gasteiger partial charge in [-0.05, 0) is 28.9 Å². The number of nitro benzene ring substituents is 1. The number of hydrogen-bond acceptors (Lipinski definition) is 6. The highest BCUT2D eigenvalue weighted by molar-refractivity contribution is 9.10. The fourth-order valence-electron chi connectivity index (χ4n) is 1.72. The molecule has 7 nitrogen and oxygen atoms in total. The second-order valence-electron chi connectivity index (χ2n) is 4.20. The molecule has 1 aromatic carbocycles. The predicted molar refractivity (Wildman–Crippen MR) is 81.4 cm³/mol. The van der Waals surface area contributed by atoms with Crippen molar-refractivity contribution in [3.8, 4) is 5.75 Å². The van der Waals surface area contributed by atoms with E-state index in [4.69, 9.17) is 4.74 Å². The number of halogens is 1. The molecule has 0 spiro atoms. The summed E-state index contributed by atoms with van der Waals surface area (Å²) in [4.78, 5) is 18.9. The average molecular weight is 353 g/mol. The molecule has 0 aliphatic rings. The van der Waals surface area contributed by atoms with E-state index in [1.54, 1.807) is 19.2 Å². The minimum absolute atomic E-state index is 0.0476. The van der Waals surface area contributed by atoms with E-state index in [2.05, 4.69) is 31.2 Å². The molecule has 0 aliphatic carbocycles. The van der Waals surface area contributed by atoms with Crippen LogP contribution < -0.4 is 10.1 Å². The lowest BCUT2D eigenvalue weighted by molar-refractivity contribution is -0.385. The molecule has 2 rings (SSSR count). The van der Waals surface area contributed by atoms with Crippen LogP contribution in [0.5, 0.6) is 5.75 Å². The molecule has 0 fully saturated rings. The summed E-state index contributed by atoms with van der Waals surface area (Å²) in [7, 11) is 1.77. The van der Waals surface area contributed by atoms with Gasteiger partial charge in [0, 0.05) is 24.9 Å². The SMILES string of the molecule is CNc1cc(C)nc(COc2cccc([N+](=O)[O-])c2Br)n1. The fourth-order valence-corrected chi connectivity index (χ4v) is 2.24. The van der Waals surface area contributed by atoms with E-state index < -0.39 is 4.92 Å². The number of anilines is 1. The standard InChI is InChI=1S/C13H13BrN4O3/c1-8-6-11(15-2)17-12(16-8)7-21-10-5-3-4-9(13(10)14)18(19)20/h3-6H,7H2,1-2H3,(H,15,16,17). The maximum Gasteiger partial charge on any atom is 0.287 e. The summed E-state index contributed by atoms with van der Waals surface area (Å²) < 4.78 is 5.87. The molecular weight excluding hydrogens is 340 g/mol. The average Bonchev–Trinajstić information content (AvgIpc) is 2.45. The number of hydrogen-bond donors (Lipinski definition) is 1. The van der Waals surface area contributed by atoms with E-state index in [0.29, 0.717) is 21.9 Å². The molecule has 1 heterocycles. The number of nitrogens with one attached hydrogen (secondary N) is 1. The summed E-state index contributed by atoms with van der Waals surface area (Å²) in [5, 5.41) is 13.8. The van der Waals surface area contributed by atoms with Crippen LogP contribution in [0.15, 0.2) is 28.7 Å². The Morgan fingerprint density at radius 1 is 1.43 bits per heavy atom. The summed E-state index contributed by atoms with van der Waals surface area (Å²) in [6.07, 6.45) is 0. The Kier molecular flexibility index (Phi) is 4.69. The van der Waals surface area contributed by atoms with E-state index in [1.165, 1.54) is 6.07 Å². The van der Waals surface area contributed by atoms with Gasteiger partial charge in [0.1, 0.15) is 22.6 Å². The molecule has 8 heteroatoms. The Hall–Kier alpha value is -2.22. The molecule has 2 aromatic rings. The first-order valence-electron chi connectivity index (χ1n) is 6.09. The number of aryl methyl sites for hydroxylation is 1. The minimum Gasteiger partial charge on any atom is -0.484 e. The van der Waals surface area contributed by atoms with Crippen LogP contribution in [0.4, 0.5) is 11.5 Å². The normalized spacial score (nSPS) is 10.2. The Morgan fingerprint density at radius 3 is 2.86 bits per heavy atom. The highest BCUT2D eigenvalue weighted by Gasteiger charge is 2.16. The minimum atomic E-state index is -0.473. The first-order valence-corrected chi connectivity index (χ1v) is 6.88. The highest BCUT2D eigenvalue weighted by Crippen LogP contribution is 2.34. The Morgan fingerprint density at radius 2 is 2.19 bits per heavy atom. The third-order valence-corrected chi connectivity index (χ3v) is 3.45. The fraction of sp³-hybridized carbons (Fsp3) is 0.231. The van der Waals surface area contributed by atoms with Gasteiger partial charge in [0.25, 0.3) is 5.69 Å². The van der Waals surface area contributed by atoms with Gasteiger partial charge in [0.2, 0.25) is 0 Å². The monoisotopic (exact) mass is 352 g/mol. The summed E-state index contributed by atoms with van der Waals surface area (Å²) in [6, 6.07) is 6.42. The highest BCUT2D eigenvalue weighted by atomic mass is 79.9. The quantitative estimate of drug-likeness (QED) is 0.656. The molecular formula is C13H13BrN4O3. The largest absolute Gasteiger partial charge is 0.484 e. The molecule has 0 unspecified atom stereocenters. The number of nitro groups is 1. The molecule has 0 radical (unpaired) electrons. The lowest BCUT2D eigenvalue weighted by Crippen LogP contribution is -2.06. The summed E-state index contributed by atoms with van der Waals surface area (Å²) in [5.41, 5.74) is 0.764. The molecule has 0 aliphatic heterocycles. The zero-order valence-electron chi connectivity index (χ0n) is 11.5. The molecule has 21 heavy (non-hydrogen) atoms. The van der Waals surface area contributed by atoms with Gasteiger partial charge >= 0.3 is 0 Å². The molecule has 0 amide bonds. The van der Waals surface area contributed by atoms with Crippen LogP contribution in [-0.2, 0) is 6.61 Å². The van der Waals surface area contributed by atoms with Gasteiger partial charge in [0.05, 0.1) is 4.92 Å². The third-order valence-electron chi connectivity index (χ3n) is 2.65. The topological polar surface area (TPSA) is 90.2 Å². The van der Waals surface area contributed by atoms with Crippen molar-refractivity contribution in [1.82, 2.24) is 9.97 Å². The Bertz CT molecular complexity index is 678. The van der Waals surface area contributed by atoms with E-state index in [-0.39, 0.29) is 12.3 Å². The van der Waals surface area contributed by atoms with Gasteiger partial charge in [-0.2, -0.15) is 0 Å². The summed E-state index contributed by atoms with van der Waals surface area (Å²) in [5.74, 6) is 1.57. The van der Waals surface area contributed by atoms with Crippen LogP contribution in [0, 0.1) is 17.0 Å². The van der Waals surface area contributed by atoms with Crippen molar-refractivity contribution in [3.63, 3.8) is 0 Å². The number of aromatic nitrogens is 2. The maximum atomic E-state index is 10.9. The zero-order valence-corrected chi connectivity index (χ0v) is 13.0. The van der Waals surface area contributed by atoms with Crippen LogP contribution in [0.1, 0.15) is 11.5 Å². The Labute approximate surface area is 129 Å². The lowest BCUT2D eigenvalue weighted by atomic mass is 10.3. The van der Waals surface area contributed by atoms with Crippen molar-refractivity contribution in [2.24, 2.45) is 0 Å². The smallest absolute Gasteiger partial charge is 0.287 e. The van der Waals surface area contributed by atoms with E-state index >= 15 is 0 Å². The summed E-state index contributed by atoms with van der Waals surface area (Å²) in [6.45, 7) is 1.98. The first kappa shape index (κ1) is 15.2. The predicted octanol–water partition coefficient (Wildman–Crippen LogP) is 3.08. The third kappa shape index (κ3) is 3.66. The van der Waals surface area contributed by atoms with Gasteiger partial charge in [-0.25, -0.2) is 9.97 Å². The second kappa shape index (κ2) is 6.49. The Balaban J connectivity index is 2.19. The van der Waals surface area contributed by atoms with Crippen LogP contribution in [0.2, 0.25) is 0 Å². The van der Waals surface area contributed by atoms with E-state index in [1.807, 2.05) is 13.0 Å². The molecule has 0 saturated heterocycles. The van der Waals surface area contributed by atoms with Gasteiger partial charge in [-0.3, -0.25) is 10.1 Å². The maximum absolute atomic E-state index is 10.9. The van der Waals surface area contributed by atoms with Crippen LogP contribution in [0.25, 0.3) is 0 Å². The van der Waals surface area contributed by atoms with Crippen molar-refractivity contribution in [2.75, 3.05) is 12.4 Å². The molecule has 0 atom stereocenters. The molecule has 1 N–H and O–H groups in total. The van der Waals surface area contributed by atoms with Crippen molar-refractivity contribution >= 4 is 27.4 Å². The van der Waals surface area contributed by atoms with Crippen molar-refractivity contribution < 1.29 is 9.66 Å². The number of ether oxygens (including phenoxy) is 1. The van der Waals surface area contributed by atoms with Crippen molar-refractivity contribution in [3.05, 3.63) is 50.4 Å². The van der Waals surface area contributed by atoms with Gasteiger partial charge in [-0.15, -0.1) is 0 Å². The van der Waals surface area contributed by atoms with Crippen molar-refractivity contribution in [1.29, 1.82) is 0 Å². The van der Waals surface area contributed by atoms with Crippen LogP contribution in [0.3, 0.4) is 0 Å². The lowest BCUT2D eigenvalue weighted by Gasteiger charge is -2.09. The first-order chi connectivity index (χ1) is 10.0. The molecule has 110 valence electrons. The number of nitrogens with zero attached hydrogens (tertiary/aromatic N) is 3. The van der Waals surface area contributed by atoms with Crippen LogP contribution in [-0.4, -0.2) is 21.9 Å². The number of benzene rings is 1. The van der Waals surface area contributed by atoms with E-state index in [9.17, 15) is 10.1 Å². The summed E-state index contributed by atoms with van der Waals surface area (Å²) >= 11 is 3.18. The number of rotatable bonds is 5. The van der Waals surface area contributed by atoms with Gasteiger partial charge in [-0.1, -0.05) is 6.07 Å². The van der Waals surface area contributed by atoms with Crippen molar-refractivity contribution in [2.45, 2.75) is 13.5 Å². The molecule has 0 saturated carbocycles. The molecule has 1 aromatic heterocycles. The second-order valence-corrected chi connectivity index (χ2v) is 4.99. The van der Waals surface area contributed by atoms with Gasteiger partial charge < -0.3 is 10.1 Å².